The normalized spacial score (nSPS) is 25.4. The van der Waals surface area contributed by atoms with Crippen LogP contribution in [0.5, 0.6) is 0 Å². The summed E-state index contributed by atoms with van der Waals surface area (Å²) in [6, 6.07) is 8.67. The van der Waals surface area contributed by atoms with Gasteiger partial charge >= 0.3 is 559 Å². The second-order valence-electron chi connectivity index (χ2n) is 24.4. The molecule has 0 aromatic heterocycles. The van der Waals surface area contributed by atoms with Gasteiger partial charge in [-0.2, -0.15) is 118 Å². The van der Waals surface area contributed by atoms with Gasteiger partial charge in [0.2, 0.25) is 11.8 Å². The van der Waals surface area contributed by atoms with E-state index in [9.17, 15) is 191 Å². The second-order valence-corrected chi connectivity index (χ2v) is 41.6. The van der Waals surface area contributed by atoms with Crippen LogP contribution in [0.4, 0.5) is 11.4 Å². The molecule has 96 heteroatoms. The Morgan fingerprint density at radius 1 is 0.243 bits per heavy atom. The first-order chi connectivity index (χ1) is 56.9. The quantitative estimate of drug-likeness (QED) is 0.0166. The first kappa shape index (κ1) is 168. The van der Waals surface area contributed by atoms with E-state index in [1.165, 1.54) is 0 Å². The van der Waals surface area contributed by atoms with Gasteiger partial charge in [-0.15, -0.1) is 0 Å². The Balaban J connectivity index is -0.00000175. The number of rotatable bonds is 49. The maximum atomic E-state index is 13.1. The molecule has 66 nitrogen and oxygen atoms in total. The van der Waals surface area contributed by atoms with Crippen molar-refractivity contribution in [3.63, 3.8) is 0 Å². The summed E-state index contributed by atoms with van der Waals surface area (Å²) in [5.41, 5.74) is -4.86. The summed E-state index contributed by atoms with van der Waals surface area (Å²) in [5, 5.41) is 4.94. The molecule has 4 aliphatic rings. The Labute approximate surface area is 1120 Å². The summed E-state index contributed by atoms with van der Waals surface area (Å²) in [6.45, 7) is -7.52. The van der Waals surface area contributed by atoms with Crippen LogP contribution < -0.4 is 424 Å². The number of carbonyl (C=O) groups is 2. The van der Waals surface area contributed by atoms with Crippen molar-refractivity contribution in [2.45, 2.75) is 169 Å². The topological polar surface area (TPSA) is 1000 Å². The molecule has 0 radical (unpaired) electrons. The van der Waals surface area contributed by atoms with Crippen molar-refractivity contribution in [3.8, 4) is 0 Å². The summed E-state index contributed by atoms with van der Waals surface area (Å²) in [6.07, 6.45) is -55.8. The van der Waals surface area contributed by atoms with Crippen molar-refractivity contribution in [3.05, 3.63) is 48.5 Å². The molecule has 4 heterocycles. The fraction of sp³-hybridized carbons (Fsp3) is 0.682. The summed E-state index contributed by atoms with van der Waals surface area (Å²) in [5.74, 6) is -1.39. The van der Waals surface area contributed by atoms with Crippen molar-refractivity contribution in [2.75, 3.05) is 37.1 Å². The number of hydrogen-bond donors (Lipinski definition) is 16. The maximum absolute atomic E-state index is 13.1. The van der Waals surface area contributed by atoms with E-state index < -0.39 is 305 Å². The molecule has 730 valence electrons. The SMILES string of the molecule is O=C(CCCCCCC(=O)Nc1ccc(S[C@@H]2O[C@H](COS(=O)(=O)O)[C@@H](O[C@@H]3O[C@H](COS(=O)(=O)O)[C@@H](OS(=O)(=O)O)[C@H](OS(=O)(=O)O)[C@H]3OS(=O)(=O)O)[C@H](OS(=O)(=O)O)[C@H]2OS(=O)(=O)O)cc1)Nc1ccc(S[C@@H]2O[C@H](COS(=O)(=O)O)[C@@H](O[C@@H]3O[C@H](COS(=O)(=O)O)[C@@H](OS(=O)(=O)O)[C@H](OS(=O)(=O)O)[C@H]3OS(=O)(=O)O)[C@H](OS(=O)(=O)O)[C@H]2OS(=O)(=O)O)cc1.[Na+].[Na+].[Na+].[Na+].[Na+].[Na+].[Na+].[Na+].[Na+].[Na+].[Na+].[Na+].[Na+].[Na+]. The Morgan fingerprint density at radius 3 is 0.636 bits per heavy atom. The van der Waals surface area contributed by atoms with Crippen molar-refractivity contribution < 1.29 is 692 Å². The van der Waals surface area contributed by atoms with Crippen molar-refractivity contribution >= 4 is 192 Å². The molecule has 140 heavy (non-hydrogen) atoms. The van der Waals surface area contributed by atoms with Gasteiger partial charge < -0.3 is 39.1 Å². The number of anilines is 2. The summed E-state index contributed by atoms with van der Waals surface area (Å²) in [7, 11) is -85.0. The largest absolute Gasteiger partial charge is 1.00 e. The monoisotopic (exact) mass is 2480 g/mol. The van der Waals surface area contributed by atoms with E-state index in [0.29, 0.717) is 0 Å². The zero-order valence-corrected chi connectivity index (χ0v) is 116. The zero-order chi connectivity index (χ0) is 95.7. The molecule has 0 aliphatic carbocycles. The third-order valence-corrected chi connectivity index (χ3v) is 23.8. The molecule has 0 bridgehead atoms. The number of thioether (sulfide) groups is 2. The molecule has 20 atom stereocenters. The molecular formula is C44H64N2Na14O64S16+14. The molecule has 0 unspecified atom stereocenters. The van der Waals surface area contributed by atoms with Crippen LogP contribution in [0.15, 0.2) is 58.3 Å². The van der Waals surface area contributed by atoms with Crippen molar-refractivity contribution in [1.82, 2.24) is 0 Å². The Bertz CT molecular complexity index is 5560. The number of nitrogens with one attached hydrogen (secondary N) is 2. The molecule has 0 saturated carbocycles. The van der Waals surface area contributed by atoms with Crippen LogP contribution >= 0.6 is 23.5 Å². The van der Waals surface area contributed by atoms with E-state index in [1.54, 1.807) is 0 Å². The molecule has 4 fully saturated rings. The van der Waals surface area contributed by atoms with E-state index in [4.69, 9.17) is 28.4 Å². The molecule has 6 rings (SSSR count). The minimum absolute atomic E-state index is 0. The van der Waals surface area contributed by atoms with E-state index in [-0.39, 0.29) is 497 Å². The molecule has 4 saturated heterocycles. The standard InChI is InChI=1S/C44H64N2O64S16.14Na/c47-27(45-19-7-11-21(12-8-19)111-43-39(109-125(85,86)87)33(103-119(67,68)69)29(23(97-43)15-91-113(49,50)51)99-41-37(107-123(79,80)81)35(105-121(73,74)75)31(101-117(61,62)63)25(95-41)17-93-115(55,56)57)5-3-1-2-4-6-28(48)46-20-9-13-22(14-10-20)112-44-40(110-126(88,89)90)34(104-120(70,71)72)30(24(98-44)16-92-114(52,53)54)100-42-38(108-124(82,83)84)36(106-122(76,77)78)32(102-118(64,65)66)26(96-42)18-94-116(58,59)60;;;;;;;;;;;;;;/h7-14,23-26,29-44H,1-6,15-18H2,(H,45,47)(H,46,48)(H,49,50,51)(H,52,53,54)(H,55,56,57)(H,58,59,60)(H,61,62,63)(H,64,65,66)(H,67,68,69)(H,70,71,72)(H,73,74,75)(H,76,77,78)(H,79,80,81)(H,82,83,84)(H,85,86,87)(H,88,89,90);;;;;;;;;;;;;;/q;14*+1/t23-,24-,25-,26-,29-,30-,31-,32-,33+,34+,35+,36+,37-,38-,39-,40-,41+,42+,43+,44+;;;;;;;;;;;;;;/m1............../s1. The zero-order valence-electron chi connectivity index (χ0n) is 74.4. The first-order valence-electron chi connectivity index (χ1n) is 32.0. The number of unbranched alkanes of at least 4 members (excludes halogenated alkanes) is 3. The number of amides is 2. The molecule has 2 amide bonds. The predicted molar refractivity (Wildman–Crippen MR) is 388 cm³/mol. The average Bonchev–Trinajstić information content (AvgIpc) is 0.756. The minimum atomic E-state index is -6.27. The smallest absolute Gasteiger partial charge is 0.356 e. The molecular weight excluding hydrogens is 2420 g/mol. The second kappa shape index (κ2) is 71.3. The number of carbonyl (C=O) groups excluding carboxylic acids is 2. The minimum Gasteiger partial charge on any atom is -0.356 e. The van der Waals surface area contributed by atoms with Gasteiger partial charge in [-0.3, -0.25) is 73.3 Å². The summed E-state index contributed by atoms with van der Waals surface area (Å²) < 4.78 is 568. The maximum Gasteiger partial charge on any atom is 1.00 e. The van der Waals surface area contributed by atoms with Crippen LogP contribution in [-0.4, -0.2) is 341 Å². The molecule has 0 spiro atoms. The van der Waals surface area contributed by atoms with Gasteiger partial charge in [0.1, 0.15) is 96.3 Å². The van der Waals surface area contributed by atoms with Gasteiger partial charge in [0.05, 0.1) is 26.4 Å². The van der Waals surface area contributed by atoms with E-state index in [2.05, 4.69) is 69.2 Å². The average molecular weight is 2480 g/mol. The van der Waals surface area contributed by atoms with E-state index >= 15 is 0 Å². The number of hydrogen-bond acceptors (Lipinski definition) is 52. The number of ether oxygens (including phenoxy) is 6. The van der Waals surface area contributed by atoms with Crippen LogP contribution in [0.25, 0.3) is 0 Å². The van der Waals surface area contributed by atoms with E-state index in [0.717, 1.165) is 48.5 Å². The van der Waals surface area contributed by atoms with Gasteiger partial charge in [-0.25, -0.2) is 58.6 Å². The predicted octanol–water partition coefficient (Wildman–Crippen LogP) is -48.3. The van der Waals surface area contributed by atoms with Gasteiger partial charge in [0.25, 0.3) is 0 Å². The van der Waals surface area contributed by atoms with Crippen LogP contribution in [-0.2, 0) is 242 Å². The fourth-order valence-electron chi connectivity index (χ4n) is 11.1. The fourth-order valence-corrected chi connectivity index (χ4v) is 19.6. The third kappa shape index (κ3) is 67.9. The van der Waals surface area contributed by atoms with Gasteiger partial charge in [-0.05, 0) is 61.4 Å². The Kier molecular flexibility index (Phi) is 85.3. The first-order valence-corrected chi connectivity index (χ1v) is 52.9. The Morgan fingerprint density at radius 2 is 0.429 bits per heavy atom. The van der Waals surface area contributed by atoms with Crippen molar-refractivity contribution in [1.29, 1.82) is 0 Å². The molecule has 4 aliphatic heterocycles. The van der Waals surface area contributed by atoms with Gasteiger partial charge in [0, 0.05) is 34.0 Å². The van der Waals surface area contributed by atoms with Crippen molar-refractivity contribution in [2.24, 2.45) is 0 Å². The van der Waals surface area contributed by atoms with Gasteiger partial charge in [-0.1, -0.05) is 36.4 Å². The van der Waals surface area contributed by atoms with Gasteiger partial charge in [0.15, 0.2) is 24.8 Å². The molecule has 16 N–H and O–H groups in total. The molecule has 2 aromatic rings. The Hall–Kier alpha value is 10.0. The van der Waals surface area contributed by atoms with Crippen LogP contribution in [0.2, 0.25) is 0 Å². The third-order valence-electron chi connectivity index (χ3n) is 15.1. The molecule has 2 aromatic carbocycles. The van der Waals surface area contributed by atoms with Crippen LogP contribution in [0.3, 0.4) is 0 Å². The number of benzene rings is 2. The van der Waals surface area contributed by atoms with Crippen LogP contribution in [0, 0.1) is 0 Å². The summed E-state index contributed by atoms with van der Waals surface area (Å²) >= 11 is 0.317. The van der Waals surface area contributed by atoms with Crippen LogP contribution in [0.1, 0.15) is 38.5 Å². The van der Waals surface area contributed by atoms with E-state index in [1.807, 2.05) is 0 Å². The summed E-state index contributed by atoms with van der Waals surface area (Å²) in [4.78, 5) is 25.7.